The Morgan fingerprint density at radius 2 is 1.21 bits per heavy atom. The molecule has 2 heteroatoms. The quantitative estimate of drug-likeness (QED) is 0.388. The average molecular weight is 421 g/mol. The summed E-state index contributed by atoms with van der Waals surface area (Å²) in [6.45, 7) is 15.0. The highest BCUT2D eigenvalue weighted by molar-refractivity contribution is 7.64. The van der Waals surface area contributed by atoms with Crippen molar-refractivity contribution in [2.75, 3.05) is 6.16 Å². The van der Waals surface area contributed by atoms with Crippen molar-refractivity contribution in [3.8, 4) is 0 Å². The lowest BCUT2D eigenvalue weighted by molar-refractivity contribution is 0.485. The molecule has 28 heavy (non-hydrogen) atoms. The van der Waals surface area contributed by atoms with Gasteiger partial charge in [0.15, 0.2) is 0 Å². The Kier molecular flexibility index (Phi) is 7.93. The van der Waals surface area contributed by atoms with Gasteiger partial charge in [-0.05, 0) is 70.8 Å². The highest BCUT2D eigenvalue weighted by Gasteiger charge is 2.38. The van der Waals surface area contributed by atoms with Crippen LogP contribution < -0.4 is 0 Å². The van der Waals surface area contributed by atoms with Crippen molar-refractivity contribution in [2.24, 2.45) is 0 Å². The molecular weight excluding hydrogens is 374 g/mol. The first-order valence-electron chi connectivity index (χ1n) is 12.1. The molecular formula is C26H46P2. The molecule has 0 saturated heterocycles. The molecule has 0 aliphatic heterocycles. The van der Waals surface area contributed by atoms with E-state index in [4.69, 9.17) is 0 Å². The van der Waals surface area contributed by atoms with E-state index in [2.05, 4.69) is 53.7 Å². The van der Waals surface area contributed by atoms with E-state index in [1.54, 1.807) is 5.57 Å². The molecule has 0 nitrogen and oxygen atoms in total. The second-order valence-corrected chi connectivity index (χ2v) is 18.2. The van der Waals surface area contributed by atoms with Crippen LogP contribution in [0.15, 0.2) is 23.0 Å². The number of allylic oxidation sites excluding steroid dienone is 4. The molecule has 0 aromatic rings. The first-order valence-corrected chi connectivity index (χ1v) is 15.1. The van der Waals surface area contributed by atoms with Crippen LogP contribution in [0, 0.1) is 0 Å². The molecule has 0 atom stereocenters. The second kappa shape index (κ2) is 9.65. The molecule has 0 unspecified atom stereocenters. The summed E-state index contributed by atoms with van der Waals surface area (Å²) in [5.41, 5.74) is 3.90. The molecule has 0 amide bonds. The summed E-state index contributed by atoms with van der Waals surface area (Å²) in [6, 6.07) is 0. The van der Waals surface area contributed by atoms with E-state index in [1.807, 2.05) is 5.31 Å². The summed E-state index contributed by atoms with van der Waals surface area (Å²) < 4.78 is 0. The summed E-state index contributed by atoms with van der Waals surface area (Å²) in [6.07, 6.45) is 22.9. The topological polar surface area (TPSA) is 0 Å². The van der Waals surface area contributed by atoms with Crippen LogP contribution in [0.5, 0.6) is 0 Å². The van der Waals surface area contributed by atoms with Crippen LogP contribution >= 0.6 is 15.8 Å². The fourth-order valence-corrected chi connectivity index (χ4v) is 13.9. The van der Waals surface area contributed by atoms with Gasteiger partial charge in [0.2, 0.25) is 0 Å². The Morgan fingerprint density at radius 3 is 1.64 bits per heavy atom. The van der Waals surface area contributed by atoms with Crippen LogP contribution in [0.2, 0.25) is 0 Å². The molecule has 160 valence electrons. The lowest BCUT2D eigenvalue weighted by Gasteiger charge is -2.43. The average Bonchev–Trinajstić information content (AvgIpc) is 3.08. The smallest absolute Gasteiger partial charge is 0.00605 e. The predicted octanol–water partition coefficient (Wildman–Crippen LogP) is 9.43. The third-order valence-corrected chi connectivity index (χ3v) is 14.8. The van der Waals surface area contributed by atoms with E-state index in [1.165, 1.54) is 76.8 Å². The van der Waals surface area contributed by atoms with Gasteiger partial charge in [0, 0.05) is 0 Å². The van der Waals surface area contributed by atoms with Gasteiger partial charge < -0.3 is 0 Å². The highest BCUT2D eigenvalue weighted by Crippen LogP contribution is 2.66. The summed E-state index contributed by atoms with van der Waals surface area (Å²) in [4.78, 5) is 0. The standard InChI is InChI=1S/C26H46P2/c1-25(2,3)27(26(4,5)6)20-21-14-13-19-24(21)28(22-15-9-7-10-16-22)23-17-11-8-12-18-23/h13-14,22-23H,7-12,15-20H2,1-6H3. The highest BCUT2D eigenvalue weighted by atomic mass is 31.1. The van der Waals surface area contributed by atoms with Crippen LogP contribution in [0.25, 0.3) is 0 Å². The summed E-state index contributed by atoms with van der Waals surface area (Å²) in [5.74, 6) is 0. The van der Waals surface area contributed by atoms with Crippen molar-refractivity contribution in [1.29, 1.82) is 0 Å². The number of hydrogen-bond donors (Lipinski definition) is 0. The molecule has 0 bridgehead atoms. The Hall–Kier alpha value is 0.340. The fraction of sp³-hybridized carbons (Fsp3) is 0.846. The molecule has 2 saturated carbocycles. The van der Waals surface area contributed by atoms with Crippen molar-refractivity contribution in [3.05, 3.63) is 23.0 Å². The number of rotatable bonds is 5. The summed E-state index contributed by atoms with van der Waals surface area (Å²) >= 11 is 0. The van der Waals surface area contributed by atoms with Crippen LogP contribution in [-0.2, 0) is 0 Å². The van der Waals surface area contributed by atoms with Gasteiger partial charge in [-0.25, -0.2) is 0 Å². The minimum Gasteiger partial charge on any atom is -0.0911 e. The molecule has 3 aliphatic rings. The van der Waals surface area contributed by atoms with Crippen LogP contribution in [0.4, 0.5) is 0 Å². The predicted molar refractivity (Wildman–Crippen MR) is 133 cm³/mol. The molecule has 3 rings (SSSR count). The van der Waals surface area contributed by atoms with E-state index in [9.17, 15) is 0 Å². The summed E-state index contributed by atoms with van der Waals surface area (Å²) in [7, 11) is 0.0490. The van der Waals surface area contributed by atoms with Crippen molar-refractivity contribution in [2.45, 2.75) is 134 Å². The zero-order chi connectivity index (χ0) is 20.4. The van der Waals surface area contributed by atoms with Crippen LogP contribution in [0.3, 0.4) is 0 Å². The molecule has 0 radical (unpaired) electrons. The van der Waals surface area contributed by atoms with Crippen molar-refractivity contribution < 1.29 is 0 Å². The van der Waals surface area contributed by atoms with E-state index < -0.39 is 0 Å². The molecule has 3 aliphatic carbocycles. The minimum atomic E-state index is -0.0388. The van der Waals surface area contributed by atoms with Gasteiger partial charge >= 0.3 is 0 Å². The van der Waals surface area contributed by atoms with Gasteiger partial charge in [-0.2, -0.15) is 0 Å². The summed E-state index contributed by atoms with van der Waals surface area (Å²) in [5, 5.41) is 2.83. The van der Waals surface area contributed by atoms with E-state index >= 15 is 0 Å². The maximum atomic E-state index is 2.57. The molecule has 0 aromatic heterocycles. The SMILES string of the molecule is CC(C)(C)P(CC1=C(P(C2CCCCC2)C2CCCCC2)CC=C1)C(C)(C)C. The van der Waals surface area contributed by atoms with Gasteiger partial charge in [-0.3, -0.25) is 0 Å². The van der Waals surface area contributed by atoms with Gasteiger partial charge in [-0.1, -0.05) is 108 Å². The molecule has 0 spiro atoms. The van der Waals surface area contributed by atoms with E-state index in [0.29, 0.717) is 10.3 Å². The zero-order valence-electron chi connectivity index (χ0n) is 19.7. The lowest BCUT2D eigenvalue weighted by Crippen LogP contribution is -2.27. The maximum Gasteiger partial charge on any atom is -0.00605 e. The molecule has 2 fully saturated rings. The first-order chi connectivity index (χ1) is 13.2. The van der Waals surface area contributed by atoms with Gasteiger partial charge in [0.05, 0.1) is 0 Å². The Labute approximate surface area is 178 Å². The van der Waals surface area contributed by atoms with Gasteiger partial charge in [0.1, 0.15) is 0 Å². The fourth-order valence-electron chi connectivity index (χ4n) is 6.06. The van der Waals surface area contributed by atoms with Gasteiger partial charge in [0.25, 0.3) is 0 Å². The number of hydrogen-bond acceptors (Lipinski definition) is 0. The normalized spacial score (nSPS) is 23.4. The molecule has 0 heterocycles. The Bertz CT molecular complexity index is 528. The third kappa shape index (κ3) is 5.73. The van der Waals surface area contributed by atoms with Gasteiger partial charge in [-0.15, -0.1) is 0 Å². The van der Waals surface area contributed by atoms with Crippen molar-refractivity contribution in [3.63, 3.8) is 0 Å². The van der Waals surface area contributed by atoms with E-state index in [0.717, 1.165) is 11.3 Å². The van der Waals surface area contributed by atoms with Crippen molar-refractivity contribution >= 4 is 15.8 Å². The molecule has 0 N–H and O–H groups in total. The monoisotopic (exact) mass is 420 g/mol. The van der Waals surface area contributed by atoms with E-state index in [-0.39, 0.29) is 15.8 Å². The van der Waals surface area contributed by atoms with Crippen LogP contribution in [-0.4, -0.2) is 27.8 Å². The zero-order valence-corrected chi connectivity index (χ0v) is 21.5. The molecule has 0 aromatic carbocycles. The second-order valence-electron chi connectivity index (χ2n) is 11.5. The Morgan fingerprint density at radius 1 is 0.750 bits per heavy atom. The lowest BCUT2D eigenvalue weighted by atomic mass is 9.99. The van der Waals surface area contributed by atoms with Crippen molar-refractivity contribution in [1.82, 2.24) is 0 Å². The first kappa shape index (κ1) is 23.0. The Balaban J connectivity index is 1.90. The third-order valence-electron chi connectivity index (χ3n) is 7.20. The maximum absolute atomic E-state index is 2.57. The minimum absolute atomic E-state index is 0.0388. The largest absolute Gasteiger partial charge is 0.0911 e. The van der Waals surface area contributed by atoms with Crippen LogP contribution in [0.1, 0.15) is 112 Å².